The molecule has 0 saturated carbocycles. The summed E-state index contributed by atoms with van der Waals surface area (Å²) in [5.74, 6) is -0.424. The Morgan fingerprint density at radius 1 is 0.861 bits per heavy atom. The molecule has 3 rings (SSSR count). The number of pyridine rings is 1. The molecule has 8 nitrogen and oxygen atoms in total. The molecule has 3 N–H and O–H groups in total. The van der Waals surface area contributed by atoms with Gasteiger partial charge in [0.05, 0.1) is 0 Å². The van der Waals surface area contributed by atoms with E-state index in [0.717, 1.165) is 5.56 Å². The molecule has 0 radical (unpaired) electrons. The number of benzene rings is 2. The maximum Gasteiger partial charge on any atom is 0.345 e. The Labute approximate surface area is 211 Å². The Kier molecular flexibility index (Phi) is 7.87. The number of carbonyl (C=O) groups excluding carboxylic acids is 1. The van der Waals surface area contributed by atoms with E-state index in [-0.39, 0.29) is 22.8 Å². The van der Waals surface area contributed by atoms with Crippen LogP contribution >= 0.6 is 0 Å². The average Bonchev–Trinajstić information content (AvgIpc) is 2.78. The first-order chi connectivity index (χ1) is 16.8. The summed E-state index contributed by atoms with van der Waals surface area (Å²) >= 11 is 0. The van der Waals surface area contributed by atoms with Crippen molar-refractivity contribution in [2.75, 3.05) is 10.6 Å². The van der Waals surface area contributed by atoms with Crippen LogP contribution in [0.2, 0.25) is 0 Å². The minimum Gasteiger partial charge on any atom is -0.478 e. The molecule has 1 aromatic heterocycles. The summed E-state index contributed by atoms with van der Waals surface area (Å²) in [6.45, 7) is 11.7. The van der Waals surface area contributed by atoms with E-state index in [1.807, 2.05) is 24.3 Å². The molecule has 36 heavy (non-hydrogen) atoms. The third kappa shape index (κ3) is 6.97. The SMILES string of the molecule is CC(C)(C)c1ccc(NC(=O)Nc2cccnc2Oc2ccccc2OC(C(=O)O)C(C)(C)C)cc1. The van der Waals surface area contributed by atoms with Crippen molar-refractivity contribution in [3.05, 3.63) is 72.4 Å². The number of para-hydroxylation sites is 2. The number of anilines is 2. The van der Waals surface area contributed by atoms with Crippen LogP contribution in [-0.2, 0) is 10.2 Å². The molecule has 0 aliphatic heterocycles. The second-order valence-electron chi connectivity index (χ2n) is 10.5. The van der Waals surface area contributed by atoms with Crippen molar-refractivity contribution in [1.29, 1.82) is 0 Å². The molecule has 0 bridgehead atoms. The molecule has 2 amide bonds. The maximum atomic E-state index is 12.7. The van der Waals surface area contributed by atoms with Crippen molar-refractivity contribution in [2.45, 2.75) is 53.1 Å². The predicted molar refractivity (Wildman–Crippen MR) is 140 cm³/mol. The van der Waals surface area contributed by atoms with Gasteiger partial charge < -0.3 is 25.2 Å². The largest absolute Gasteiger partial charge is 0.478 e. The zero-order valence-corrected chi connectivity index (χ0v) is 21.5. The van der Waals surface area contributed by atoms with E-state index >= 15 is 0 Å². The number of amides is 2. The molecule has 2 aromatic carbocycles. The summed E-state index contributed by atoms with van der Waals surface area (Å²) in [5.41, 5.74) is 1.50. The first-order valence-electron chi connectivity index (χ1n) is 11.6. The summed E-state index contributed by atoms with van der Waals surface area (Å²) in [6, 6.07) is 17.3. The number of nitrogens with one attached hydrogen (secondary N) is 2. The number of urea groups is 1. The molecule has 1 unspecified atom stereocenters. The molecule has 190 valence electrons. The summed E-state index contributed by atoms with van der Waals surface area (Å²) in [6.07, 6.45) is 0.432. The molecule has 1 heterocycles. The van der Waals surface area contributed by atoms with Gasteiger partial charge in [-0.2, -0.15) is 0 Å². The monoisotopic (exact) mass is 491 g/mol. The van der Waals surface area contributed by atoms with Crippen molar-refractivity contribution in [2.24, 2.45) is 5.41 Å². The van der Waals surface area contributed by atoms with Crippen LogP contribution in [0.3, 0.4) is 0 Å². The molecular weight excluding hydrogens is 458 g/mol. The third-order valence-corrected chi connectivity index (χ3v) is 5.34. The van der Waals surface area contributed by atoms with Gasteiger partial charge in [-0.15, -0.1) is 0 Å². The van der Waals surface area contributed by atoms with E-state index in [0.29, 0.717) is 11.4 Å². The van der Waals surface area contributed by atoms with Gasteiger partial charge in [0, 0.05) is 17.3 Å². The number of nitrogens with zero attached hydrogens (tertiary/aromatic N) is 1. The van der Waals surface area contributed by atoms with E-state index in [4.69, 9.17) is 9.47 Å². The Morgan fingerprint density at radius 2 is 1.50 bits per heavy atom. The van der Waals surface area contributed by atoms with Crippen LogP contribution in [0.25, 0.3) is 0 Å². The number of carbonyl (C=O) groups is 2. The van der Waals surface area contributed by atoms with Gasteiger partial charge in [0.15, 0.2) is 11.5 Å². The van der Waals surface area contributed by atoms with Gasteiger partial charge in [0.25, 0.3) is 0 Å². The lowest BCUT2D eigenvalue weighted by Gasteiger charge is -2.28. The van der Waals surface area contributed by atoms with Gasteiger partial charge >= 0.3 is 12.0 Å². The minimum atomic E-state index is -1.10. The summed E-state index contributed by atoms with van der Waals surface area (Å²) in [7, 11) is 0. The second kappa shape index (κ2) is 10.7. The predicted octanol–water partition coefficient (Wildman–Crippen LogP) is 6.69. The smallest absolute Gasteiger partial charge is 0.345 e. The van der Waals surface area contributed by atoms with Gasteiger partial charge in [-0.3, -0.25) is 0 Å². The van der Waals surface area contributed by atoms with Crippen LogP contribution in [0.1, 0.15) is 47.1 Å². The van der Waals surface area contributed by atoms with Crippen LogP contribution in [0.4, 0.5) is 16.2 Å². The van der Waals surface area contributed by atoms with Crippen LogP contribution in [0, 0.1) is 5.41 Å². The van der Waals surface area contributed by atoms with E-state index < -0.39 is 23.5 Å². The topological polar surface area (TPSA) is 110 Å². The van der Waals surface area contributed by atoms with E-state index in [2.05, 4.69) is 36.4 Å². The van der Waals surface area contributed by atoms with Gasteiger partial charge in [0.2, 0.25) is 12.0 Å². The molecule has 0 aliphatic carbocycles. The highest BCUT2D eigenvalue weighted by Gasteiger charge is 2.34. The second-order valence-corrected chi connectivity index (χ2v) is 10.5. The molecule has 0 fully saturated rings. The zero-order chi connectivity index (χ0) is 26.5. The number of ether oxygens (including phenoxy) is 2. The van der Waals surface area contributed by atoms with Gasteiger partial charge in [0.1, 0.15) is 5.69 Å². The van der Waals surface area contributed by atoms with Crippen molar-refractivity contribution < 1.29 is 24.2 Å². The van der Waals surface area contributed by atoms with Crippen molar-refractivity contribution >= 4 is 23.4 Å². The standard InChI is InChI=1S/C28H33N3O5/c1-27(2,3)18-13-15-19(16-14-18)30-26(34)31-20-10-9-17-29-24(20)36-22-12-8-7-11-21(22)35-23(25(32)33)28(4,5)6/h7-17,23H,1-6H3,(H,32,33)(H2,30,31,34). The van der Waals surface area contributed by atoms with Crippen LogP contribution in [-0.4, -0.2) is 28.2 Å². The minimum absolute atomic E-state index is 0.0140. The first-order valence-corrected chi connectivity index (χ1v) is 11.6. The average molecular weight is 492 g/mol. The Hall–Kier alpha value is -4.07. The molecule has 0 spiro atoms. The summed E-state index contributed by atoms with van der Waals surface area (Å²) in [5, 5.41) is 15.2. The zero-order valence-electron chi connectivity index (χ0n) is 21.5. The normalized spacial score (nSPS) is 12.4. The Bertz CT molecular complexity index is 1210. The van der Waals surface area contributed by atoms with Crippen LogP contribution in [0.15, 0.2) is 66.9 Å². The highest BCUT2D eigenvalue weighted by Crippen LogP contribution is 2.36. The number of carboxylic acid groups (broad SMARTS) is 1. The van der Waals surface area contributed by atoms with Crippen molar-refractivity contribution in [3.8, 4) is 17.4 Å². The lowest BCUT2D eigenvalue weighted by molar-refractivity contribution is -0.150. The molecule has 0 aliphatic rings. The molecular formula is C28H33N3O5. The number of rotatable bonds is 7. The van der Waals surface area contributed by atoms with Gasteiger partial charge in [-0.25, -0.2) is 14.6 Å². The number of aromatic nitrogens is 1. The maximum absolute atomic E-state index is 12.7. The molecule has 3 aromatic rings. The summed E-state index contributed by atoms with van der Waals surface area (Å²) in [4.78, 5) is 28.7. The number of carboxylic acids is 1. The fourth-order valence-electron chi connectivity index (χ4n) is 3.37. The van der Waals surface area contributed by atoms with E-state index in [1.54, 1.807) is 57.2 Å². The fourth-order valence-corrected chi connectivity index (χ4v) is 3.37. The number of hydrogen-bond acceptors (Lipinski definition) is 5. The molecule has 1 atom stereocenters. The summed E-state index contributed by atoms with van der Waals surface area (Å²) < 4.78 is 11.8. The third-order valence-electron chi connectivity index (χ3n) is 5.34. The number of aliphatic carboxylic acids is 1. The van der Waals surface area contributed by atoms with Crippen molar-refractivity contribution in [1.82, 2.24) is 4.98 Å². The van der Waals surface area contributed by atoms with Gasteiger partial charge in [-0.05, 0) is 47.4 Å². The first kappa shape index (κ1) is 26.5. The van der Waals surface area contributed by atoms with Gasteiger partial charge in [-0.1, -0.05) is 65.8 Å². The van der Waals surface area contributed by atoms with Crippen LogP contribution in [0.5, 0.6) is 17.4 Å². The quantitative estimate of drug-likeness (QED) is 0.339. The van der Waals surface area contributed by atoms with E-state index in [1.165, 1.54) is 6.20 Å². The Balaban J connectivity index is 1.76. The van der Waals surface area contributed by atoms with Crippen molar-refractivity contribution in [3.63, 3.8) is 0 Å². The van der Waals surface area contributed by atoms with Crippen LogP contribution < -0.4 is 20.1 Å². The number of hydrogen-bond donors (Lipinski definition) is 3. The fraction of sp³-hybridized carbons (Fsp3) is 0.321. The lowest BCUT2D eigenvalue weighted by Crippen LogP contribution is -2.39. The molecule has 8 heteroatoms. The lowest BCUT2D eigenvalue weighted by atomic mass is 9.87. The highest BCUT2D eigenvalue weighted by atomic mass is 16.5. The highest BCUT2D eigenvalue weighted by molar-refractivity contribution is 6.00. The Morgan fingerprint density at radius 3 is 2.08 bits per heavy atom. The van der Waals surface area contributed by atoms with E-state index in [9.17, 15) is 14.7 Å². The molecule has 0 saturated heterocycles.